The molecule has 10 heteroatoms. The van der Waals surface area contributed by atoms with Crippen LogP contribution >= 0.6 is 0 Å². The number of benzene rings is 1. The largest absolute Gasteiger partial charge is 0.373 e. The fraction of sp³-hybridized carbons (Fsp3) is 0.562. The summed E-state index contributed by atoms with van der Waals surface area (Å²) in [5.74, 6) is -3.13. The van der Waals surface area contributed by atoms with Crippen LogP contribution in [0.4, 0.5) is 19.3 Å². The van der Waals surface area contributed by atoms with Crippen molar-refractivity contribution >= 4 is 21.7 Å². The van der Waals surface area contributed by atoms with Crippen LogP contribution in [0.3, 0.4) is 0 Å². The van der Waals surface area contributed by atoms with Crippen molar-refractivity contribution in [3.8, 4) is 0 Å². The lowest BCUT2D eigenvalue weighted by atomic mass is 10.3. The summed E-state index contributed by atoms with van der Waals surface area (Å²) in [4.78, 5) is 13.2. The van der Waals surface area contributed by atoms with Crippen LogP contribution in [0.1, 0.15) is 20.3 Å². The Kier molecular flexibility index (Phi) is 6.53. The summed E-state index contributed by atoms with van der Waals surface area (Å²) in [5, 5.41) is 2.46. The molecular weight excluding hydrogens is 368 g/mol. The molecule has 0 saturated carbocycles. The van der Waals surface area contributed by atoms with Crippen LogP contribution in [-0.4, -0.2) is 57.6 Å². The first kappa shape index (κ1) is 20.5. The summed E-state index contributed by atoms with van der Waals surface area (Å²) < 4.78 is 59.1. The van der Waals surface area contributed by atoms with E-state index in [1.807, 2.05) is 6.92 Å². The Morgan fingerprint density at radius 1 is 1.42 bits per heavy atom. The maximum atomic E-state index is 13.6. The minimum atomic E-state index is -3.73. The standard InChI is InChI=1S/C16H23F2N3O4S/c1-3-12(2)20-26(23,24)14-6-4-5-13(9-14)19-15(22)21-7-8-25-11-16(17,18)10-21/h4-6,9,12,20H,3,7-8,10-11H2,1-2H3,(H,19,22). The highest BCUT2D eigenvalue weighted by Crippen LogP contribution is 2.20. The van der Waals surface area contributed by atoms with Gasteiger partial charge in [0.15, 0.2) is 0 Å². The van der Waals surface area contributed by atoms with Crippen LogP contribution in [-0.2, 0) is 14.8 Å². The van der Waals surface area contributed by atoms with E-state index in [0.717, 1.165) is 4.90 Å². The van der Waals surface area contributed by atoms with Gasteiger partial charge in [-0.15, -0.1) is 0 Å². The Bertz CT molecular complexity index is 743. The van der Waals surface area contributed by atoms with Gasteiger partial charge >= 0.3 is 6.03 Å². The molecular formula is C16H23F2N3O4S. The van der Waals surface area contributed by atoms with Gasteiger partial charge in [0, 0.05) is 18.3 Å². The number of anilines is 1. The van der Waals surface area contributed by atoms with Crippen molar-refractivity contribution in [2.45, 2.75) is 37.1 Å². The van der Waals surface area contributed by atoms with Crippen molar-refractivity contribution in [2.24, 2.45) is 0 Å². The molecule has 1 fully saturated rings. The second-order valence-corrected chi connectivity index (χ2v) is 7.93. The molecule has 1 aromatic rings. The van der Waals surface area contributed by atoms with E-state index in [-0.39, 0.29) is 29.8 Å². The number of amides is 2. The topological polar surface area (TPSA) is 87.7 Å². The number of urea groups is 1. The van der Waals surface area contributed by atoms with Crippen LogP contribution in [0.2, 0.25) is 0 Å². The van der Waals surface area contributed by atoms with Crippen molar-refractivity contribution in [3.63, 3.8) is 0 Å². The Hall–Kier alpha value is -1.78. The molecule has 1 aromatic carbocycles. The molecule has 2 rings (SSSR count). The predicted molar refractivity (Wildman–Crippen MR) is 92.9 cm³/mol. The van der Waals surface area contributed by atoms with Crippen LogP contribution < -0.4 is 10.0 Å². The highest BCUT2D eigenvalue weighted by molar-refractivity contribution is 7.89. The minimum absolute atomic E-state index is 0.0102. The molecule has 2 amide bonds. The summed E-state index contributed by atoms with van der Waals surface area (Å²) in [7, 11) is -3.73. The number of carbonyl (C=O) groups is 1. The quantitative estimate of drug-likeness (QED) is 0.806. The third-order valence-corrected chi connectivity index (χ3v) is 5.48. The molecule has 1 atom stereocenters. The predicted octanol–water partition coefficient (Wildman–Crippen LogP) is 2.26. The number of hydrogen-bond donors (Lipinski definition) is 2. The van der Waals surface area contributed by atoms with E-state index in [0.29, 0.717) is 6.42 Å². The molecule has 1 unspecified atom stereocenters. The van der Waals surface area contributed by atoms with Gasteiger partial charge in [0.2, 0.25) is 10.0 Å². The summed E-state index contributed by atoms with van der Waals surface area (Å²) in [5.41, 5.74) is 0.204. The molecule has 0 aliphatic carbocycles. The van der Waals surface area contributed by atoms with E-state index in [1.165, 1.54) is 24.3 Å². The molecule has 0 aromatic heterocycles. The third-order valence-electron chi connectivity index (χ3n) is 3.89. The van der Waals surface area contributed by atoms with Crippen molar-refractivity contribution in [2.75, 3.05) is 31.6 Å². The molecule has 0 spiro atoms. The monoisotopic (exact) mass is 391 g/mol. The average molecular weight is 391 g/mol. The van der Waals surface area contributed by atoms with Crippen LogP contribution in [0.15, 0.2) is 29.2 Å². The van der Waals surface area contributed by atoms with E-state index in [1.54, 1.807) is 6.92 Å². The Balaban J connectivity index is 2.11. The normalized spacial score (nSPS) is 18.8. The van der Waals surface area contributed by atoms with Gasteiger partial charge in [0.05, 0.1) is 18.0 Å². The molecule has 1 aliphatic rings. The Labute approximate surface area is 151 Å². The summed E-state index contributed by atoms with van der Waals surface area (Å²) in [6, 6.07) is 4.67. The number of ether oxygens (including phenoxy) is 1. The Morgan fingerprint density at radius 3 is 2.85 bits per heavy atom. The molecule has 1 aliphatic heterocycles. The van der Waals surface area contributed by atoms with Gasteiger partial charge in [-0.2, -0.15) is 0 Å². The van der Waals surface area contributed by atoms with E-state index in [2.05, 4.69) is 10.0 Å². The maximum Gasteiger partial charge on any atom is 0.322 e. The molecule has 7 nitrogen and oxygen atoms in total. The smallest absolute Gasteiger partial charge is 0.322 e. The lowest BCUT2D eigenvalue weighted by Crippen LogP contribution is -2.43. The van der Waals surface area contributed by atoms with Crippen molar-refractivity contribution in [3.05, 3.63) is 24.3 Å². The van der Waals surface area contributed by atoms with E-state index >= 15 is 0 Å². The summed E-state index contributed by atoms with van der Waals surface area (Å²) >= 11 is 0. The lowest BCUT2D eigenvalue weighted by molar-refractivity contribution is -0.0648. The van der Waals surface area contributed by atoms with Crippen molar-refractivity contribution in [1.82, 2.24) is 9.62 Å². The van der Waals surface area contributed by atoms with Gasteiger partial charge < -0.3 is 15.0 Å². The SMILES string of the molecule is CCC(C)NS(=O)(=O)c1cccc(NC(=O)N2CCOCC(F)(F)C2)c1. The van der Waals surface area contributed by atoms with Gasteiger partial charge in [-0.05, 0) is 31.5 Å². The molecule has 1 heterocycles. The van der Waals surface area contributed by atoms with Gasteiger partial charge in [0.25, 0.3) is 5.92 Å². The first-order valence-corrected chi connectivity index (χ1v) is 9.75. The minimum Gasteiger partial charge on any atom is -0.373 e. The van der Waals surface area contributed by atoms with Crippen LogP contribution in [0, 0.1) is 0 Å². The number of carbonyl (C=O) groups excluding carboxylic acids is 1. The maximum absolute atomic E-state index is 13.6. The average Bonchev–Trinajstić information content (AvgIpc) is 2.75. The highest BCUT2D eigenvalue weighted by Gasteiger charge is 2.36. The van der Waals surface area contributed by atoms with Gasteiger partial charge in [-0.25, -0.2) is 26.7 Å². The molecule has 1 saturated heterocycles. The molecule has 26 heavy (non-hydrogen) atoms. The fourth-order valence-corrected chi connectivity index (χ4v) is 3.71. The summed E-state index contributed by atoms with van der Waals surface area (Å²) in [6.07, 6.45) is 0.626. The number of sulfonamides is 1. The third kappa shape index (κ3) is 5.61. The lowest BCUT2D eigenvalue weighted by Gasteiger charge is -2.23. The molecule has 2 N–H and O–H groups in total. The summed E-state index contributed by atoms with van der Waals surface area (Å²) in [6.45, 7) is 2.14. The zero-order valence-electron chi connectivity index (χ0n) is 14.7. The van der Waals surface area contributed by atoms with Gasteiger partial charge in [-0.3, -0.25) is 0 Å². The first-order valence-electron chi connectivity index (χ1n) is 8.27. The van der Waals surface area contributed by atoms with E-state index in [9.17, 15) is 22.0 Å². The number of hydrogen-bond acceptors (Lipinski definition) is 4. The molecule has 146 valence electrons. The Morgan fingerprint density at radius 2 is 2.15 bits per heavy atom. The first-order chi connectivity index (χ1) is 12.1. The van der Waals surface area contributed by atoms with Crippen molar-refractivity contribution < 1.29 is 26.7 Å². The van der Waals surface area contributed by atoms with Crippen LogP contribution in [0.25, 0.3) is 0 Å². The van der Waals surface area contributed by atoms with E-state index < -0.39 is 35.1 Å². The zero-order chi connectivity index (χ0) is 19.4. The van der Waals surface area contributed by atoms with Gasteiger partial charge in [-0.1, -0.05) is 13.0 Å². The van der Waals surface area contributed by atoms with E-state index in [4.69, 9.17) is 4.74 Å². The number of nitrogens with zero attached hydrogens (tertiary/aromatic N) is 1. The van der Waals surface area contributed by atoms with Crippen molar-refractivity contribution in [1.29, 1.82) is 0 Å². The number of halogens is 2. The number of rotatable bonds is 5. The second-order valence-electron chi connectivity index (χ2n) is 6.22. The molecule has 0 bridgehead atoms. The fourth-order valence-electron chi connectivity index (χ4n) is 2.33. The highest BCUT2D eigenvalue weighted by atomic mass is 32.2. The van der Waals surface area contributed by atoms with Crippen LogP contribution in [0.5, 0.6) is 0 Å². The number of nitrogens with one attached hydrogen (secondary N) is 2. The zero-order valence-corrected chi connectivity index (χ0v) is 15.5. The molecule has 0 radical (unpaired) electrons. The second kappa shape index (κ2) is 8.28. The van der Waals surface area contributed by atoms with Gasteiger partial charge in [0.1, 0.15) is 6.61 Å². The number of alkyl halides is 2.